The Morgan fingerprint density at radius 1 is 1.17 bits per heavy atom. The topological polar surface area (TPSA) is 124 Å². The fourth-order valence-electron chi connectivity index (χ4n) is 1.24. The van der Waals surface area contributed by atoms with Crippen molar-refractivity contribution in [2.75, 3.05) is 5.43 Å². The largest absolute Gasteiger partial charge is 0.418 e. The van der Waals surface area contributed by atoms with Crippen molar-refractivity contribution in [1.29, 1.82) is 0 Å². The molecule has 1 aromatic carbocycles. The minimum atomic E-state index is -5.02. The monoisotopic (exact) mass is 266 g/mol. The molecule has 11 heteroatoms. The van der Waals surface area contributed by atoms with Gasteiger partial charge in [0.2, 0.25) is 0 Å². The first-order valence-electron chi connectivity index (χ1n) is 4.19. The zero-order valence-corrected chi connectivity index (χ0v) is 8.39. The molecule has 0 unspecified atom stereocenters. The summed E-state index contributed by atoms with van der Waals surface area (Å²) in [6.07, 6.45) is -5.02. The third-order valence-corrected chi connectivity index (χ3v) is 1.96. The molecule has 0 atom stereocenters. The second-order valence-corrected chi connectivity index (χ2v) is 3.04. The zero-order valence-electron chi connectivity index (χ0n) is 8.39. The number of nitrogen functional groups attached to an aromatic ring is 1. The Balaban J connectivity index is 3.67. The lowest BCUT2D eigenvalue weighted by atomic mass is 10.1. The molecule has 98 valence electrons. The fraction of sp³-hybridized carbons (Fsp3) is 0.143. The van der Waals surface area contributed by atoms with E-state index >= 15 is 0 Å². The lowest BCUT2D eigenvalue weighted by Gasteiger charge is -2.11. The molecule has 1 rings (SSSR count). The normalized spacial score (nSPS) is 11.1. The molecule has 0 aliphatic rings. The van der Waals surface area contributed by atoms with E-state index in [1.54, 1.807) is 0 Å². The van der Waals surface area contributed by atoms with E-state index in [9.17, 15) is 33.4 Å². The van der Waals surface area contributed by atoms with Crippen LogP contribution in [-0.4, -0.2) is 9.85 Å². The molecule has 0 saturated carbocycles. The van der Waals surface area contributed by atoms with Gasteiger partial charge in [0.1, 0.15) is 5.69 Å². The van der Waals surface area contributed by atoms with Crippen LogP contribution in [0.1, 0.15) is 5.56 Å². The van der Waals surface area contributed by atoms with Crippen LogP contribution in [0.25, 0.3) is 0 Å². The number of benzene rings is 1. The SMILES string of the molecule is NNc1c([N+](=O)[O-])cc([N+](=O)[O-])cc1C(F)(F)F. The van der Waals surface area contributed by atoms with Gasteiger partial charge in [0.15, 0.2) is 0 Å². The van der Waals surface area contributed by atoms with Gasteiger partial charge in [-0.15, -0.1) is 0 Å². The number of anilines is 1. The van der Waals surface area contributed by atoms with Crippen molar-refractivity contribution in [2.45, 2.75) is 6.18 Å². The van der Waals surface area contributed by atoms with E-state index in [1.165, 1.54) is 5.43 Å². The fourth-order valence-corrected chi connectivity index (χ4v) is 1.24. The summed E-state index contributed by atoms with van der Waals surface area (Å²) < 4.78 is 37.7. The summed E-state index contributed by atoms with van der Waals surface area (Å²) in [7, 11) is 0. The van der Waals surface area contributed by atoms with Gasteiger partial charge in [-0.2, -0.15) is 13.2 Å². The number of alkyl halides is 3. The zero-order chi connectivity index (χ0) is 14.1. The Morgan fingerprint density at radius 2 is 1.72 bits per heavy atom. The number of hydrazine groups is 1. The van der Waals surface area contributed by atoms with E-state index in [2.05, 4.69) is 0 Å². The first-order valence-corrected chi connectivity index (χ1v) is 4.19. The van der Waals surface area contributed by atoms with E-state index in [0.29, 0.717) is 6.07 Å². The molecule has 8 nitrogen and oxygen atoms in total. The highest BCUT2D eigenvalue weighted by Crippen LogP contribution is 2.41. The molecular formula is C7H5F3N4O4. The molecule has 0 heterocycles. The number of non-ortho nitro benzene ring substituents is 1. The van der Waals surface area contributed by atoms with Crippen molar-refractivity contribution in [3.05, 3.63) is 37.9 Å². The quantitative estimate of drug-likeness (QED) is 0.488. The number of nitrogens with two attached hydrogens (primary N) is 1. The Hall–Kier alpha value is -2.43. The average Bonchev–Trinajstić information content (AvgIpc) is 2.25. The van der Waals surface area contributed by atoms with E-state index < -0.39 is 38.6 Å². The van der Waals surface area contributed by atoms with Gasteiger partial charge in [0.05, 0.1) is 21.5 Å². The van der Waals surface area contributed by atoms with Gasteiger partial charge in [0.25, 0.3) is 5.69 Å². The van der Waals surface area contributed by atoms with Crippen LogP contribution in [0.15, 0.2) is 12.1 Å². The van der Waals surface area contributed by atoms with Crippen LogP contribution in [0.3, 0.4) is 0 Å². The van der Waals surface area contributed by atoms with Crippen LogP contribution < -0.4 is 11.3 Å². The van der Waals surface area contributed by atoms with Crippen LogP contribution in [0.2, 0.25) is 0 Å². The third-order valence-electron chi connectivity index (χ3n) is 1.96. The number of nitrogens with zero attached hydrogens (tertiary/aromatic N) is 2. The second-order valence-electron chi connectivity index (χ2n) is 3.04. The number of hydrogen-bond acceptors (Lipinski definition) is 6. The average molecular weight is 266 g/mol. The van der Waals surface area contributed by atoms with Crippen molar-refractivity contribution >= 4 is 17.1 Å². The summed E-state index contributed by atoms with van der Waals surface area (Å²) in [5.41, 5.74) is -3.25. The molecule has 18 heavy (non-hydrogen) atoms. The van der Waals surface area contributed by atoms with Crippen molar-refractivity contribution in [2.24, 2.45) is 5.84 Å². The number of nitro benzene ring substituents is 2. The third kappa shape index (κ3) is 2.45. The van der Waals surface area contributed by atoms with Crippen molar-refractivity contribution in [3.63, 3.8) is 0 Å². The summed E-state index contributed by atoms with van der Waals surface area (Å²) in [5.74, 6) is 4.79. The molecular weight excluding hydrogens is 261 g/mol. The van der Waals surface area contributed by atoms with Gasteiger partial charge in [-0.05, 0) is 0 Å². The van der Waals surface area contributed by atoms with Gasteiger partial charge < -0.3 is 5.43 Å². The van der Waals surface area contributed by atoms with Crippen LogP contribution in [0.4, 0.5) is 30.2 Å². The number of nitrogens with one attached hydrogen (secondary N) is 1. The van der Waals surface area contributed by atoms with Gasteiger partial charge >= 0.3 is 11.9 Å². The van der Waals surface area contributed by atoms with Crippen molar-refractivity contribution < 1.29 is 23.0 Å². The molecule has 0 bridgehead atoms. The van der Waals surface area contributed by atoms with Crippen molar-refractivity contribution in [1.82, 2.24) is 0 Å². The molecule has 0 fully saturated rings. The van der Waals surface area contributed by atoms with E-state index in [-0.39, 0.29) is 6.07 Å². The second kappa shape index (κ2) is 4.44. The van der Waals surface area contributed by atoms with Crippen LogP contribution >= 0.6 is 0 Å². The Morgan fingerprint density at radius 3 is 2.06 bits per heavy atom. The lowest BCUT2D eigenvalue weighted by Crippen LogP contribution is -2.17. The number of halogens is 3. The highest BCUT2D eigenvalue weighted by Gasteiger charge is 2.39. The van der Waals surface area contributed by atoms with Gasteiger partial charge in [-0.1, -0.05) is 0 Å². The van der Waals surface area contributed by atoms with Crippen LogP contribution in [0.5, 0.6) is 0 Å². The number of rotatable bonds is 3. The van der Waals surface area contributed by atoms with Gasteiger partial charge in [-0.25, -0.2) is 0 Å². The molecule has 1 aromatic rings. The van der Waals surface area contributed by atoms with Gasteiger partial charge in [-0.3, -0.25) is 26.1 Å². The van der Waals surface area contributed by atoms with Crippen LogP contribution in [0, 0.1) is 20.2 Å². The first kappa shape index (κ1) is 13.6. The standard InChI is InChI=1S/C7H5F3N4O4/c8-7(9,10)4-1-3(13(15)16)2-5(14(17)18)6(4)12-11/h1-2,12H,11H2. The number of hydrogen-bond donors (Lipinski definition) is 2. The highest BCUT2D eigenvalue weighted by atomic mass is 19.4. The molecule has 0 aliphatic heterocycles. The maximum atomic E-state index is 12.6. The first-order chi connectivity index (χ1) is 8.18. The summed E-state index contributed by atoms with van der Waals surface area (Å²) >= 11 is 0. The highest BCUT2D eigenvalue weighted by molar-refractivity contribution is 5.70. The molecule has 0 radical (unpaired) electrons. The minimum absolute atomic E-state index is 0.169. The summed E-state index contributed by atoms with van der Waals surface area (Å²) in [6.45, 7) is 0. The maximum absolute atomic E-state index is 12.6. The molecule has 0 aromatic heterocycles. The Bertz CT molecular complexity index is 516. The van der Waals surface area contributed by atoms with E-state index in [1.807, 2.05) is 0 Å². The molecule has 0 aliphatic carbocycles. The molecule has 3 N–H and O–H groups in total. The minimum Gasteiger partial charge on any atom is -0.318 e. The Labute approximate surface area is 96.5 Å². The summed E-state index contributed by atoms with van der Waals surface area (Å²) in [5, 5.41) is 21.0. The van der Waals surface area contributed by atoms with E-state index in [0.717, 1.165) is 0 Å². The molecule has 0 saturated heterocycles. The molecule has 0 amide bonds. The predicted molar refractivity (Wildman–Crippen MR) is 52.6 cm³/mol. The summed E-state index contributed by atoms with van der Waals surface area (Å²) in [4.78, 5) is 18.6. The number of nitro groups is 2. The molecule has 0 spiro atoms. The predicted octanol–water partition coefficient (Wildman–Crippen LogP) is 1.81. The lowest BCUT2D eigenvalue weighted by molar-refractivity contribution is -0.394. The Kier molecular flexibility index (Phi) is 3.37. The summed E-state index contributed by atoms with van der Waals surface area (Å²) in [6, 6.07) is 0.562. The van der Waals surface area contributed by atoms with Gasteiger partial charge in [0, 0.05) is 6.07 Å². The van der Waals surface area contributed by atoms with E-state index in [4.69, 9.17) is 5.84 Å². The maximum Gasteiger partial charge on any atom is 0.418 e. The van der Waals surface area contributed by atoms with Crippen LogP contribution in [-0.2, 0) is 6.18 Å². The van der Waals surface area contributed by atoms with Crippen molar-refractivity contribution in [3.8, 4) is 0 Å². The smallest absolute Gasteiger partial charge is 0.318 e.